The second kappa shape index (κ2) is 6.42. The number of carbonyl (C=O) groups is 1. The molecule has 1 amide bonds. The molecule has 0 saturated carbocycles. The summed E-state index contributed by atoms with van der Waals surface area (Å²) in [5, 5.41) is 3.85. The van der Waals surface area contributed by atoms with Gasteiger partial charge in [0.05, 0.1) is 29.7 Å². The topological polar surface area (TPSA) is 47.4 Å². The lowest BCUT2D eigenvalue weighted by atomic mass is 10.1. The molecule has 8 heteroatoms. The molecule has 1 aliphatic heterocycles. The van der Waals surface area contributed by atoms with E-state index in [9.17, 15) is 18.0 Å². The quantitative estimate of drug-likeness (QED) is 0.817. The Kier molecular flexibility index (Phi) is 4.56. The Hall–Kier alpha value is -2.35. The van der Waals surface area contributed by atoms with Gasteiger partial charge in [-0.1, -0.05) is 17.7 Å². The van der Waals surface area contributed by atoms with E-state index in [2.05, 4.69) is 5.10 Å². The van der Waals surface area contributed by atoms with Gasteiger partial charge in [-0.25, -0.2) is 4.68 Å². The van der Waals surface area contributed by atoms with Crippen LogP contribution in [0.25, 0.3) is 5.69 Å². The number of halogens is 3. The molecule has 1 fully saturated rings. The number of rotatable bonds is 2. The molecule has 0 radical (unpaired) electrons. The van der Waals surface area contributed by atoms with Crippen molar-refractivity contribution in [1.82, 2.24) is 14.7 Å². The van der Waals surface area contributed by atoms with E-state index in [1.54, 1.807) is 38.1 Å². The number of aryl methyl sites for hydroxylation is 1. The molecule has 0 aliphatic carbocycles. The van der Waals surface area contributed by atoms with E-state index in [-0.39, 0.29) is 25.4 Å². The first-order valence-corrected chi connectivity index (χ1v) is 8.24. The lowest BCUT2D eigenvalue weighted by molar-refractivity contribution is -0.143. The van der Waals surface area contributed by atoms with Gasteiger partial charge in [0.15, 0.2) is 5.69 Å². The third kappa shape index (κ3) is 3.60. The summed E-state index contributed by atoms with van der Waals surface area (Å²) in [5.74, 6) is -0.688. The Bertz CT molecular complexity index is 810. The molecule has 0 spiro atoms. The molecular weight excluding hydrogens is 347 g/mol. The Morgan fingerprint density at radius 1 is 1.23 bits per heavy atom. The molecule has 3 rings (SSSR count). The van der Waals surface area contributed by atoms with Gasteiger partial charge in [0.2, 0.25) is 0 Å². The van der Waals surface area contributed by atoms with E-state index in [4.69, 9.17) is 4.74 Å². The first-order chi connectivity index (χ1) is 12.1. The van der Waals surface area contributed by atoms with Gasteiger partial charge in [0, 0.05) is 13.1 Å². The van der Waals surface area contributed by atoms with Crippen molar-refractivity contribution >= 4 is 5.91 Å². The van der Waals surface area contributed by atoms with E-state index in [0.29, 0.717) is 0 Å². The van der Waals surface area contributed by atoms with Crippen LogP contribution in [-0.4, -0.2) is 45.9 Å². The highest BCUT2D eigenvalue weighted by Crippen LogP contribution is 2.34. The summed E-state index contributed by atoms with van der Waals surface area (Å²) >= 11 is 0. The number of alkyl halides is 3. The third-order valence-electron chi connectivity index (χ3n) is 4.26. The molecule has 140 valence electrons. The van der Waals surface area contributed by atoms with Gasteiger partial charge < -0.3 is 9.64 Å². The Labute approximate surface area is 149 Å². The predicted molar refractivity (Wildman–Crippen MR) is 89.2 cm³/mol. The van der Waals surface area contributed by atoms with Gasteiger partial charge in [0.25, 0.3) is 5.91 Å². The zero-order valence-electron chi connectivity index (χ0n) is 14.8. The molecular formula is C18H20F3N3O2. The van der Waals surface area contributed by atoms with Crippen molar-refractivity contribution in [2.75, 3.05) is 19.7 Å². The summed E-state index contributed by atoms with van der Waals surface area (Å²) in [5.41, 5.74) is -0.934. The zero-order valence-corrected chi connectivity index (χ0v) is 14.8. The van der Waals surface area contributed by atoms with Crippen LogP contribution in [0.2, 0.25) is 0 Å². The van der Waals surface area contributed by atoms with E-state index in [0.717, 1.165) is 16.4 Å². The summed E-state index contributed by atoms with van der Waals surface area (Å²) in [6.07, 6.45) is -3.72. The average molecular weight is 367 g/mol. The van der Waals surface area contributed by atoms with Gasteiger partial charge in [0.1, 0.15) is 0 Å². The fraction of sp³-hybridized carbons (Fsp3) is 0.444. The lowest BCUT2D eigenvalue weighted by Gasteiger charge is -2.38. The van der Waals surface area contributed by atoms with Crippen molar-refractivity contribution < 1.29 is 22.7 Å². The summed E-state index contributed by atoms with van der Waals surface area (Å²) in [7, 11) is 0. The number of nitrogens with zero attached hydrogens (tertiary/aromatic N) is 3. The van der Waals surface area contributed by atoms with Gasteiger partial charge in [-0.3, -0.25) is 4.79 Å². The number of hydrogen-bond acceptors (Lipinski definition) is 3. The Morgan fingerprint density at radius 3 is 2.46 bits per heavy atom. The van der Waals surface area contributed by atoms with Gasteiger partial charge in [-0.2, -0.15) is 18.3 Å². The minimum atomic E-state index is -4.71. The molecule has 2 aromatic rings. The summed E-state index contributed by atoms with van der Waals surface area (Å²) in [6.45, 7) is 6.19. The summed E-state index contributed by atoms with van der Waals surface area (Å²) in [4.78, 5) is 14.2. The third-order valence-corrected chi connectivity index (χ3v) is 4.26. The molecule has 0 N–H and O–H groups in total. The lowest BCUT2D eigenvalue weighted by Crippen LogP contribution is -2.50. The van der Waals surface area contributed by atoms with E-state index >= 15 is 0 Å². The number of ether oxygens (including phenoxy) is 1. The van der Waals surface area contributed by atoms with Crippen LogP contribution in [0.1, 0.15) is 35.5 Å². The Morgan fingerprint density at radius 2 is 1.88 bits per heavy atom. The van der Waals surface area contributed by atoms with Gasteiger partial charge in [-0.15, -0.1) is 0 Å². The fourth-order valence-corrected chi connectivity index (χ4v) is 3.02. The molecule has 0 bridgehead atoms. The molecule has 0 unspecified atom stereocenters. The smallest absolute Gasteiger partial charge is 0.372 e. The highest BCUT2D eigenvalue weighted by Gasteiger charge is 2.42. The van der Waals surface area contributed by atoms with Crippen molar-refractivity contribution in [2.45, 2.75) is 32.5 Å². The van der Waals surface area contributed by atoms with Crippen LogP contribution < -0.4 is 0 Å². The van der Waals surface area contributed by atoms with Crippen LogP contribution in [0.5, 0.6) is 0 Å². The van der Waals surface area contributed by atoms with Crippen molar-refractivity contribution in [3.05, 3.63) is 47.3 Å². The normalized spacial score (nSPS) is 17.4. The molecule has 1 aliphatic rings. The highest BCUT2D eigenvalue weighted by molar-refractivity contribution is 5.95. The maximum absolute atomic E-state index is 13.7. The van der Waals surface area contributed by atoms with Crippen molar-refractivity contribution in [3.8, 4) is 5.69 Å². The number of hydrogen-bond donors (Lipinski definition) is 0. The molecule has 26 heavy (non-hydrogen) atoms. The van der Waals surface area contributed by atoms with E-state index < -0.39 is 28.9 Å². The second-order valence-corrected chi connectivity index (χ2v) is 6.99. The standard InChI is InChI=1S/C18H20F3N3O2/c1-12-4-6-13(7-5-12)24-15(18(19,20)21)14(10-22-24)16(25)23-8-9-26-17(2,3)11-23/h4-7,10H,8-9,11H2,1-3H3. The summed E-state index contributed by atoms with van der Waals surface area (Å²) in [6, 6.07) is 6.49. The SMILES string of the molecule is Cc1ccc(-n2ncc(C(=O)N3CCOC(C)(C)C3)c2C(F)(F)F)cc1. The first-order valence-electron chi connectivity index (χ1n) is 8.24. The van der Waals surface area contributed by atoms with Gasteiger partial charge >= 0.3 is 6.18 Å². The second-order valence-electron chi connectivity index (χ2n) is 6.99. The van der Waals surface area contributed by atoms with Crippen LogP contribution in [0, 0.1) is 6.92 Å². The number of benzene rings is 1. The van der Waals surface area contributed by atoms with E-state index in [1.807, 2.05) is 6.92 Å². The fourth-order valence-electron chi connectivity index (χ4n) is 3.02. The minimum Gasteiger partial charge on any atom is -0.372 e. The molecule has 1 saturated heterocycles. The average Bonchev–Trinajstić information content (AvgIpc) is 2.99. The van der Waals surface area contributed by atoms with Crippen molar-refractivity contribution in [1.29, 1.82) is 0 Å². The predicted octanol–water partition coefficient (Wildman–Crippen LogP) is 3.45. The van der Waals surface area contributed by atoms with Gasteiger partial charge in [-0.05, 0) is 32.9 Å². The van der Waals surface area contributed by atoms with Crippen molar-refractivity contribution in [3.63, 3.8) is 0 Å². The number of morpholine rings is 1. The van der Waals surface area contributed by atoms with Crippen LogP contribution in [0.15, 0.2) is 30.5 Å². The molecule has 1 aromatic carbocycles. The monoisotopic (exact) mass is 367 g/mol. The van der Waals surface area contributed by atoms with Crippen molar-refractivity contribution in [2.24, 2.45) is 0 Å². The van der Waals surface area contributed by atoms with E-state index in [1.165, 1.54) is 4.90 Å². The number of carbonyl (C=O) groups excluding carboxylic acids is 1. The van der Waals surface area contributed by atoms with Crippen LogP contribution in [0.3, 0.4) is 0 Å². The molecule has 0 atom stereocenters. The molecule has 2 heterocycles. The maximum atomic E-state index is 13.7. The molecule has 1 aromatic heterocycles. The van der Waals surface area contributed by atoms with Crippen LogP contribution >= 0.6 is 0 Å². The van der Waals surface area contributed by atoms with Crippen LogP contribution in [-0.2, 0) is 10.9 Å². The molecule has 5 nitrogen and oxygen atoms in total. The maximum Gasteiger partial charge on any atom is 0.434 e. The zero-order chi connectivity index (χ0) is 19.1. The number of aromatic nitrogens is 2. The Balaban J connectivity index is 2.02. The number of amides is 1. The minimum absolute atomic E-state index is 0.221. The first kappa shape index (κ1) is 18.4. The summed E-state index contributed by atoms with van der Waals surface area (Å²) < 4.78 is 47.5. The largest absolute Gasteiger partial charge is 0.434 e. The van der Waals surface area contributed by atoms with Crippen LogP contribution in [0.4, 0.5) is 13.2 Å². The highest BCUT2D eigenvalue weighted by atomic mass is 19.4.